The van der Waals surface area contributed by atoms with E-state index < -0.39 is 0 Å². The second kappa shape index (κ2) is 7.95. The molecule has 1 aliphatic rings. The van der Waals surface area contributed by atoms with Crippen molar-refractivity contribution in [3.8, 4) is 11.5 Å². The normalized spacial score (nSPS) is 15.2. The second-order valence-electron chi connectivity index (χ2n) is 6.91. The minimum absolute atomic E-state index is 0.108. The maximum absolute atomic E-state index is 12.8. The summed E-state index contributed by atoms with van der Waals surface area (Å²) in [7, 11) is 0. The highest BCUT2D eigenvalue weighted by Gasteiger charge is 2.27. The van der Waals surface area contributed by atoms with E-state index in [0.717, 1.165) is 12.1 Å². The Hall–Kier alpha value is -2.98. The highest BCUT2D eigenvalue weighted by Crippen LogP contribution is 2.33. The van der Waals surface area contributed by atoms with Crippen LogP contribution in [-0.2, 0) is 11.2 Å². The van der Waals surface area contributed by atoms with Crippen LogP contribution in [0.3, 0.4) is 0 Å². The molecule has 1 heterocycles. The highest BCUT2D eigenvalue weighted by molar-refractivity contribution is 6.31. The van der Waals surface area contributed by atoms with Gasteiger partial charge < -0.3 is 15.0 Å². The molecular formula is C23H21ClN2O2. The minimum Gasteiger partial charge on any atom is -0.455 e. The van der Waals surface area contributed by atoms with Crippen molar-refractivity contribution in [1.29, 1.82) is 0 Å². The molecule has 142 valence electrons. The van der Waals surface area contributed by atoms with Crippen LogP contribution in [0.2, 0.25) is 5.02 Å². The molecule has 0 bridgehead atoms. The molecular weight excluding hydrogens is 372 g/mol. The van der Waals surface area contributed by atoms with Crippen LogP contribution in [0.25, 0.3) is 0 Å². The van der Waals surface area contributed by atoms with Gasteiger partial charge in [0.15, 0.2) is 5.75 Å². The molecule has 5 heteroatoms. The van der Waals surface area contributed by atoms with Crippen molar-refractivity contribution >= 4 is 28.9 Å². The van der Waals surface area contributed by atoms with E-state index in [9.17, 15) is 4.79 Å². The van der Waals surface area contributed by atoms with Crippen molar-refractivity contribution in [1.82, 2.24) is 0 Å². The number of ether oxygens (including phenoxy) is 1. The van der Waals surface area contributed by atoms with Crippen molar-refractivity contribution in [2.24, 2.45) is 0 Å². The van der Waals surface area contributed by atoms with Gasteiger partial charge in [-0.05, 0) is 55.3 Å². The maximum Gasteiger partial charge on any atom is 0.244 e. The topological polar surface area (TPSA) is 41.6 Å². The van der Waals surface area contributed by atoms with Crippen molar-refractivity contribution in [3.05, 3.63) is 83.4 Å². The van der Waals surface area contributed by atoms with Gasteiger partial charge >= 0.3 is 0 Å². The zero-order valence-electron chi connectivity index (χ0n) is 15.6. The third kappa shape index (κ3) is 3.97. The monoisotopic (exact) mass is 392 g/mol. The number of hydrogen-bond acceptors (Lipinski definition) is 3. The van der Waals surface area contributed by atoms with Gasteiger partial charge in [-0.1, -0.05) is 48.0 Å². The minimum atomic E-state index is -0.108. The number of fused-ring (bicyclic) bond motifs is 1. The van der Waals surface area contributed by atoms with Crippen LogP contribution in [0.4, 0.5) is 11.4 Å². The first-order valence-electron chi connectivity index (χ1n) is 9.27. The molecule has 0 fully saturated rings. The molecule has 28 heavy (non-hydrogen) atoms. The van der Waals surface area contributed by atoms with Crippen molar-refractivity contribution in [2.45, 2.75) is 19.4 Å². The molecule has 1 amide bonds. The number of carbonyl (C=O) groups excluding carboxylic acids is 1. The van der Waals surface area contributed by atoms with Gasteiger partial charge in [0, 0.05) is 16.8 Å². The molecule has 0 radical (unpaired) electrons. The van der Waals surface area contributed by atoms with Gasteiger partial charge in [-0.2, -0.15) is 0 Å². The Labute approximate surface area is 169 Å². The van der Waals surface area contributed by atoms with Crippen molar-refractivity contribution in [2.75, 3.05) is 16.8 Å². The summed E-state index contributed by atoms with van der Waals surface area (Å²) >= 11 is 6.15. The fourth-order valence-corrected chi connectivity index (χ4v) is 3.69. The Kier molecular flexibility index (Phi) is 5.22. The predicted octanol–water partition coefficient (Wildman–Crippen LogP) is 5.52. The molecule has 1 aliphatic heterocycles. The summed E-state index contributed by atoms with van der Waals surface area (Å²) in [5.41, 5.74) is 2.96. The van der Waals surface area contributed by atoms with Gasteiger partial charge in [0.2, 0.25) is 5.91 Å². The molecule has 0 unspecified atom stereocenters. The SMILES string of the molecule is C[C@H]1Cc2ccccc2N1CC(=O)Nc1cc(Cl)ccc1Oc1ccccc1. The number of hydrogen-bond donors (Lipinski definition) is 1. The Morgan fingerprint density at radius 1 is 1.11 bits per heavy atom. The number of benzene rings is 3. The lowest BCUT2D eigenvalue weighted by Gasteiger charge is -2.24. The van der Waals surface area contributed by atoms with Crippen LogP contribution in [0.15, 0.2) is 72.8 Å². The number of anilines is 2. The summed E-state index contributed by atoms with van der Waals surface area (Å²) in [6, 6.07) is 23.2. The van der Waals surface area contributed by atoms with E-state index in [1.54, 1.807) is 18.2 Å². The number of para-hydroxylation sites is 2. The molecule has 0 saturated heterocycles. The standard InChI is InChI=1S/C23H21ClN2O2/c1-16-13-17-7-5-6-10-21(17)26(16)15-23(27)25-20-14-18(24)11-12-22(20)28-19-8-3-2-4-9-19/h2-12,14,16H,13,15H2,1H3,(H,25,27)/t16-/m0/s1. The first kappa shape index (κ1) is 18.4. The average Bonchev–Trinajstić information content (AvgIpc) is 3.00. The Balaban J connectivity index is 1.51. The summed E-state index contributed by atoms with van der Waals surface area (Å²) in [4.78, 5) is 14.9. The summed E-state index contributed by atoms with van der Waals surface area (Å²) < 4.78 is 5.93. The Morgan fingerprint density at radius 3 is 2.68 bits per heavy atom. The Bertz CT molecular complexity index is 991. The molecule has 0 aliphatic carbocycles. The third-order valence-electron chi connectivity index (χ3n) is 4.85. The van der Waals surface area contributed by atoms with Crippen LogP contribution < -0.4 is 15.0 Å². The molecule has 1 atom stereocenters. The quantitative estimate of drug-likeness (QED) is 0.621. The number of carbonyl (C=O) groups is 1. The summed E-state index contributed by atoms with van der Waals surface area (Å²) in [6.45, 7) is 2.41. The van der Waals surface area contributed by atoms with Crippen molar-refractivity contribution in [3.63, 3.8) is 0 Å². The van der Waals surface area contributed by atoms with Crippen LogP contribution in [0.5, 0.6) is 11.5 Å². The molecule has 4 nitrogen and oxygen atoms in total. The summed E-state index contributed by atoms with van der Waals surface area (Å²) in [6.07, 6.45) is 0.947. The van der Waals surface area contributed by atoms with Gasteiger partial charge in [0.25, 0.3) is 0 Å². The van der Waals surface area contributed by atoms with Crippen LogP contribution in [0.1, 0.15) is 12.5 Å². The molecule has 0 saturated carbocycles. The number of halogens is 1. The lowest BCUT2D eigenvalue weighted by Crippen LogP contribution is -2.37. The number of amides is 1. The fraction of sp³-hybridized carbons (Fsp3) is 0.174. The van der Waals surface area contributed by atoms with Crippen LogP contribution in [-0.4, -0.2) is 18.5 Å². The fourth-order valence-electron chi connectivity index (χ4n) is 3.52. The lowest BCUT2D eigenvalue weighted by molar-refractivity contribution is -0.115. The first-order chi connectivity index (χ1) is 13.6. The van der Waals surface area contributed by atoms with E-state index in [-0.39, 0.29) is 18.5 Å². The van der Waals surface area contributed by atoms with E-state index in [1.807, 2.05) is 42.5 Å². The zero-order chi connectivity index (χ0) is 19.5. The molecule has 3 aromatic rings. The molecule has 3 aromatic carbocycles. The van der Waals surface area contributed by atoms with E-state index in [0.29, 0.717) is 22.2 Å². The maximum atomic E-state index is 12.8. The van der Waals surface area contributed by atoms with Gasteiger partial charge in [-0.3, -0.25) is 4.79 Å². The van der Waals surface area contributed by atoms with Gasteiger partial charge in [-0.25, -0.2) is 0 Å². The van der Waals surface area contributed by atoms with Gasteiger partial charge in [0.05, 0.1) is 12.2 Å². The molecule has 1 N–H and O–H groups in total. The van der Waals surface area contributed by atoms with E-state index >= 15 is 0 Å². The smallest absolute Gasteiger partial charge is 0.244 e. The highest BCUT2D eigenvalue weighted by atomic mass is 35.5. The van der Waals surface area contributed by atoms with Gasteiger partial charge in [-0.15, -0.1) is 0 Å². The first-order valence-corrected chi connectivity index (χ1v) is 9.65. The zero-order valence-corrected chi connectivity index (χ0v) is 16.3. The molecule has 0 spiro atoms. The predicted molar refractivity (Wildman–Crippen MR) is 114 cm³/mol. The third-order valence-corrected chi connectivity index (χ3v) is 5.08. The second-order valence-corrected chi connectivity index (χ2v) is 7.35. The summed E-state index contributed by atoms with van der Waals surface area (Å²) in [5.74, 6) is 1.14. The van der Waals surface area contributed by atoms with Crippen LogP contribution >= 0.6 is 11.6 Å². The molecule has 0 aromatic heterocycles. The number of nitrogens with zero attached hydrogens (tertiary/aromatic N) is 1. The van der Waals surface area contributed by atoms with E-state index in [2.05, 4.69) is 29.3 Å². The largest absolute Gasteiger partial charge is 0.455 e. The number of rotatable bonds is 5. The van der Waals surface area contributed by atoms with Gasteiger partial charge in [0.1, 0.15) is 5.75 Å². The van der Waals surface area contributed by atoms with E-state index in [1.165, 1.54) is 5.56 Å². The van der Waals surface area contributed by atoms with Crippen molar-refractivity contribution < 1.29 is 9.53 Å². The average molecular weight is 393 g/mol. The Morgan fingerprint density at radius 2 is 1.86 bits per heavy atom. The molecule has 4 rings (SSSR count). The van der Waals surface area contributed by atoms with E-state index in [4.69, 9.17) is 16.3 Å². The number of nitrogens with one attached hydrogen (secondary N) is 1. The van der Waals surface area contributed by atoms with Crippen LogP contribution in [0, 0.1) is 0 Å². The summed E-state index contributed by atoms with van der Waals surface area (Å²) in [5, 5.41) is 3.50. The lowest BCUT2D eigenvalue weighted by atomic mass is 10.1.